The van der Waals surface area contributed by atoms with Crippen molar-refractivity contribution in [3.8, 4) is 0 Å². The molecule has 0 bridgehead atoms. The fourth-order valence-electron chi connectivity index (χ4n) is 3.03. The molecule has 4 nitrogen and oxygen atoms in total. The van der Waals surface area contributed by atoms with Crippen LogP contribution in [0.2, 0.25) is 0 Å². The van der Waals surface area contributed by atoms with Crippen LogP contribution in [0.4, 0.5) is 10.1 Å². The fourth-order valence-corrected chi connectivity index (χ4v) is 3.40. The summed E-state index contributed by atoms with van der Waals surface area (Å²) >= 11 is 3.47. The molecule has 1 N–H and O–H groups in total. The van der Waals surface area contributed by atoms with E-state index in [1.54, 1.807) is 6.07 Å². The van der Waals surface area contributed by atoms with Gasteiger partial charge in [-0.2, -0.15) is 0 Å². The zero-order chi connectivity index (χ0) is 16.7. The molecule has 1 aliphatic heterocycles. The SMILES string of the molecule is O=C1NCCN(Cc2cccc(F)c2)c2c1oc1ccc(Br)cc21. The summed E-state index contributed by atoms with van der Waals surface area (Å²) in [5.41, 5.74) is 2.26. The first-order valence-electron chi connectivity index (χ1n) is 7.61. The predicted octanol–water partition coefficient (Wildman–Crippen LogP) is 4.08. The Morgan fingerprint density at radius 1 is 1.25 bits per heavy atom. The van der Waals surface area contributed by atoms with Crippen molar-refractivity contribution in [1.29, 1.82) is 0 Å². The molecule has 1 aliphatic rings. The summed E-state index contributed by atoms with van der Waals surface area (Å²) < 4.78 is 20.2. The van der Waals surface area contributed by atoms with E-state index in [4.69, 9.17) is 4.42 Å². The van der Waals surface area contributed by atoms with E-state index in [9.17, 15) is 9.18 Å². The number of halogens is 2. The minimum atomic E-state index is -0.267. The lowest BCUT2D eigenvalue weighted by atomic mass is 10.1. The molecule has 0 saturated carbocycles. The van der Waals surface area contributed by atoms with Gasteiger partial charge in [0.2, 0.25) is 5.76 Å². The monoisotopic (exact) mass is 388 g/mol. The second-order valence-electron chi connectivity index (χ2n) is 5.73. The van der Waals surface area contributed by atoms with Crippen LogP contribution in [-0.4, -0.2) is 19.0 Å². The number of hydrogen-bond donors (Lipinski definition) is 1. The maximum absolute atomic E-state index is 13.5. The van der Waals surface area contributed by atoms with E-state index in [2.05, 4.69) is 26.1 Å². The summed E-state index contributed by atoms with van der Waals surface area (Å²) in [6, 6.07) is 12.2. The van der Waals surface area contributed by atoms with Gasteiger partial charge in [-0.15, -0.1) is 0 Å². The van der Waals surface area contributed by atoms with Gasteiger partial charge in [-0.05, 0) is 35.9 Å². The molecule has 0 fully saturated rings. The molecule has 4 rings (SSSR count). The lowest BCUT2D eigenvalue weighted by molar-refractivity contribution is 0.0933. The van der Waals surface area contributed by atoms with Crippen LogP contribution in [0.1, 0.15) is 16.1 Å². The molecule has 24 heavy (non-hydrogen) atoms. The van der Waals surface area contributed by atoms with Gasteiger partial charge in [-0.1, -0.05) is 28.1 Å². The molecular formula is C18H14BrFN2O2. The van der Waals surface area contributed by atoms with Crippen molar-refractivity contribution in [1.82, 2.24) is 5.32 Å². The molecule has 0 aliphatic carbocycles. The van der Waals surface area contributed by atoms with Gasteiger partial charge in [0.1, 0.15) is 11.4 Å². The summed E-state index contributed by atoms with van der Waals surface area (Å²) in [5, 5.41) is 3.71. The number of carbonyl (C=O) groups is 1. The summed E-state index contributed by atoms with van der Waals surface area (Å²) in [6.07, 6.45) is 0. The highest BCUT2D eigenvalue weighted by Crippen LogP contribution is 2.37. The van der Waals surface area contributed by atoms with E-state index in [1.165, 1.54) is 12.1 Å². The van der Waals surface area contributed by atoms with E-state index in [0.717, 1.165) is 21.1 Å². The van der Waals surface area contributed by atoms with Crippen LogP contribution in [0.25, 0.3) is 11.0 Å². The number of nitrogens with one attached hydrogen (secondary N) is 1. The van der Waals surface area contributed by atoms with Gasteiger partial charge >= 0.3 is 0 Å². The van der Waals surface area contributed by atoms with Crippen LogP contribution in [0.5, 0.6) is 0 Å². The number of benzene rings is 2. The number of hydrogen-bond acceptors (Lipinski definition) is 3. The van der Waals surface area contributed by atoms with Crippen molar-refractivity contribution in [3.05, 3.63) is 64.1 Å². The second-order valence-corrected chi connectivity index (χ2v) is 6.64. The third kappa shape index (κ3) is 2.67. The maximum atomic E-state index is 13.5. The summed E-state index contributed by atoms with van der Waals surface area (Å²) in [4.78, 5) is 14.4. The summed E-state index contributed by atoms with van der Waals surface area (Å²) in [5.74, 6) is -0.187. The largest absolute Gasteiger partial charge is 0.449 e. The van der Waals surface area contributed by atoms with Crippen molar-refractivity contribution in [2.75, 3.05) is 18.0 Å². The van der Waals surface area contributed by atoms with Gasteiger partial charge in [-0.3, -0.25) is 4.79 Å². The Bertz CT molecular complexity index is 938. The minimum Gasteiger partial charge on any atom is -0.449 e. The molecule has 0 spiro atoms. The van der Waals surface area contributed by atoms with E-state index in [-0.39, 0.29) is 11.7 Å². The number of carbonyl (C=O) groups excluding carboxylic acids is 1. The lowest BCUT2D eigenvalue weighted by Gasteiger charge is -2.22. The van der Waals surface area contributed by atoms with Gasteiger partial charge in [0.05, 0.1) is 5.69 Å². The van der Waals surface area contributed by atoms with Gasteiger partial charge in [0, 0.05) is 29.5 Å². The van der Waals surface area contributed by atoms with Gasteiger partial charge in [0.15, 0.2) is 0 Å². The molecule has 6 heteroatoms. The standard InChI is InChI=1S/C18H14BrFN2O2/c19-12-4-5-15-14(9-12)16-17(24-15)18(23)21-6-7-22(16)10-11-2-1-3-13(20)8-11/h1-5,8-9H,6-7,10H2,(H,21,23). The average molecular weight is 389 g/mol. The molecule has 122 valence electrons. The molecule has 0 saturated heterocycles. The number of anilines is 1. The smallest absolute Gasteiger partial charge is 0.289 e. The van der Waals surface area contributed by atoms with Gasteiger partial charge in [-0.25, -0.2) is 4.39 Å². The molecule has 2 aromatic carbocycles. The van der Waals surface area contributed by atoms with Crippen LogP contribution >= 0.6 is 15.9 Å². The third-order valence-corrected chi connectivity index (χ3v) is 4.57. The normalized spacial score (nSPS) is 14.4. The quantitative estimate of drug-likeness (QED) is 0.719. The van der Waals surface area contributed by atoms with Crippen LogP contribution in [0.3, 0.4) is 0 Å². The van der Waals surface area contributed by atoms with Crippen LogP contribution < -0.4 is 10.2 Å². The molecule has 0 atom stereocenters. The molecular weight excluding hydrogens is 375 g/mol. The number of amides is 1. The maximum Gasteiger partial charge on any atom is 0.289 e. The molecule has 1 amide bonds. The van der Waals surface area contributed by atoms with E-state index < -0.39 is 0 Å². The number of rotatable bonds is 2. The van der Waals surface area contributed by atoms with Crippen molar-refractivity contribution in [2.24, 2.45) is 0 Å². The van der Waals surface area contributed by atoms with E-state index >= 15 is 0 Å². The first-order chi connectivity index (χ1) is 11.6. The third-order valence-electron chi connectivity index (χ3n) is 4.08. The number of nitrogens with zero attached hydrogens (tertiary/aromatic N) is 1. The predicted molar refractivity (Wildman–Crippen MR) is 93.7 cm³/mol. The Hall–Kier alpha value is -2.34. The highest BCUT2D eigenvalue weighted by atomic mass is 79.9. The highest BCUT2D eigenvalue weighted by Gasteiger charge is 2.28. The van der Waals surface area contributed by atoms with Crippen molar-refractivity contribution in [3.63, 3.8) is 0 Å². The lowest BCUT2D eigenvalue weighted by Crippen LogP contribution is -2.29. The topological polar surface area (TPSA) is 45.5 Å². The zero-order valence-electron chi connectivity index (χ0n) is 12.7. The zero-order valence-corrected chi connectivity index (χ0v) is 14.3. The van der Waals surface area contributed by atoms with Crippen LogP contribution in [0, 0.1) is 5.82 Å². The van der Waals surface area contributed by atoms with E-state index in [1.807, 2.05) is 24.3 Å². The van der Waals surface area contributed by atoms with Crippen LogP contribution in [0.15, 0.2) is 51.4 Å². The number of furan rings is 1. The van der Waals surface area contributed by atoms with Gasteiger partial charge < -0.3 is 14.6 Å². The Morgan fingerprint density at radius 2 is 2.12 bits per heavy atom. The van der Waals surface area contributed by atoms with E-state index in [0.29, 0.717) is 31.0 Å². The van der Waals surface area contributed by atoms with Gasteiger partial charge in [0.25, 0.3) is 5.91 Å². The van der Waals surface area contributed by atoms with Crippen molar-refractivity contribution >= 4 is 38.5 Å². The fraction of sp³-hybridized carbons (Fsp3) is 0.167. The average Bonchev–Trinajstić information content (AvgIpc) is 2.85. The second kappa shape index (κ2) is 5.94. The van der Waals surface area contributed by atoms with Crippen molar-refractivity contribution < 1.29 is 13.6 Å². The number of fused-ring (bicyclic) bond motifs is 3. The first kappa shape index (κ1) is 15.2. The Kier molecular flexibility index (Phi) is 3.76. The Morgan fingerprint density at radius 3 is 2.96 bits per heavy atom. The molecule has 3 aromatic rings. The first-order valence-corrected chi connectivity index (χ1v) is 8.41. The molecule has 0 radical (unpaired) electrons. The minimum absolute atomic E-state index is 0.223. The molecule has 1 aromatic heterocycles. The molecule has 0 unspecified atom stereocenters. The Balaban J connectivity index is 1.84. The van der Waals surface area contributed by atoms with Crippen LogP contribution in [-0.2, 0) is 6.54 Å². The summed E-state index contributed by atoms with van der Waals surface area (Å²) in [7, 11) is 0. The highest BCUT2D eigenvalue weighted by molar-refractivity contribution is 9.10. The summed E-state index contributed by atoms with van der Waals surface area (Å²) in [6.45, 7) is 1.63. The Labute approximate surface area is 146 Å². The molecule has 2 heterocycles. The van der Waals surface area contributed by atoms with Crippen molar-refractivity contribution in [2.45, 2.75) is 6.54 Å².